The third-order valence-corrected chi connectivity index (χ3v) is 5.42. The molecule has 0 aliphatic rings. The van der Waals surface area contributed by atoms with Crippen LogP contribution in [0.2, 0.25) is 5.02 Å². The third kappa shape index (κ3) is 4.74. The summed E-state index contributed by atoms with van der Waals surface area (Å²) in [6.07, 6.45) is 1.95. The number of methoxy groups -OCH3 is 1. The van der Waals surface area contributed by atoms with Crippen LogP contribution in [0.4, 0.5) is 0 Å². The van der Waals surface area contributed by atoms with E-state index in [-0.39, 0.29) is 12.3 Å². The fourth-order valence-electron chi connectivity index (χ4n) is 3.44. The largest absolute Gasteiger partial charge is 0.495 e. The molecule has 1 amide bonds. The lowest BCUT2D eigenvalue weighted by molar-refractivity contribution is -0.120. The molecule has 0 spiro atoms. The van der Waals surface area contributed by atoms with Gasteiger partial charge >= 0.3 is 0 Å². The van der Waals surface area contributed by atoms with Gasteiger partial charge < -0.3 is 9.30 Å². The van der Waals surface area contributed by atoms with E-state index in [2.05, 4.69) is 22.0 Å². The number of amides is 1. The highest BCUT2D eigenvalue weighted by atomic mass is 35.5. The molecule has 1 aromatic heterocycles. The van der Waals surface area contributed by atoms with Gasteiger partial charge in [-0.2, -0.15) is 5.10 Å². The van der Waals surface area contributed by atoms with Crippen molar-refractivity contribution in [1.29, 1.82) is 0 Å². The number of benzene rings is 2. The molecule has 0 fully saturated rings. The Labute approximate surface area is 182 Å². The number of aryl methyl sites for hydroxylation is 3. The second-order valence-corrected chi connectivity index (χ2v) is 7.80. The molecule has 3 aromatic rings. The fourth-order valence-corrected chi connectivity index (χ4v) is 3.61. The Bertz CT molecular complexity index is 1120. The molecule has 2 aromatic carbocycles. The lowest BCUT2D eigenvalue weighted by atomic mass is 10.0. The van der Waals surface area contributed by atoms with Crippen molar-refractivity contribution in [2.24, 2.45) is 5.10 Å². The van der Waals surface area contributed by atoms with E-state index in [1.54, 1.807) is 19.4 Å². The zero-order valence-corrected chi connectivity index (χ0v) is 18.7. The Morgan fingerprint density at radius 1 is 1.10 bits per heavy atom. The van der Waals surface area contributed by atoms with E-state index in [1.165, 1.54) is 11.1 Å². The lowest BCUT2D eigenvalue weighted by Gasteiger charge is -2.14. The van der Waals surface area contributed by atoms with Gasteiger partial charge in [-0.1, -0.05) is 29.8 Å². The summed E-state index contributed by atoms with van der Waals surface area (Å²) in [5.41, 5.74) is 9.72. The molecule has 156 valence electrons. The van der Waals surface area contributed by atoms with Gasteiger partial charge in [0, 0.05) is 22.0 Å². The first-order valence-corrected chi connectivity index (χ1v) is 10.1. The number of ether oxygens (including phenoxy) is 1. The van der Waals surface area contributed by atoms with Gasteiger partial charge in [-0.25, -0.2) is 5.43 Å². The molecule has 0 unspecified atom stereocenters. The summed E-state index contributed by atoms with van der Waals surface area (Å²) in [7, 11) is 1.63. The number of carbonyl (C=O) groups excluding carboxylic acids is 1. The maximum absolute atomic E-state index is 12.2. The molecule has 0 bridgehead atoms. The van der Waals surface area contributed by atoms with E-state index in [0.717, 1.165) is 34.0 Å². The van der Waals surface area contributed by atoms with Crippen molar-refractivity contribution in [3.05, 3.63) is 81.1 Å². The van der Waals surface area contributed by atoms with Crippen LogP contribution in [-0.2, 0) is 11.2 Å². The van der Waals surface area contributed by atoms with Crippen molar-refractivity contribution < 1.29 is 9.53 Å². The normalized spacial score (nSPS) is 11.1. The van der Waals surface area contributed by atoms with E-state index in [9.17, 15) is 4.79 Å². The smallest absolute Gasteiger partial charge is 0.244 e. The molecule has 3 rings (SSSR count). The summed E-state index contributed by atoms with van der Waals surface area (Å²) in [4.78, 5) is 12.2. The molecule has 5 nitrogen and oxygen atoms in total. The minimum atomic E-state index is -0.153. The van der Waals surface area contributed by atoms with Crippen LogP contribution >= 0.6 is 11.6 Å². The van der Waals surface area contributed by atoms with Crippen LogP contribution in [0.5, 0.6) is 5.75 Å². The Morgan fingerprint density at radius 2 is 1.87 bits per heavy atom. The molecule has 1 heterocycles. The Morgan fingerprint density at radius 3 is 2.57 bits per heavy atom. The number of hydrogen-bond acceptors (Lipinski definition) is 3. The van der Waals surface area contributed by atoms with Crippen LogP contribution in [0.3, 0.4) is 0 Å². The number of aromatic nitrogens is 1. The molecular weight excluding hydrogens is 398 g/mol. The van der Waals surface area contributed by atoms with Crippen LogP contribution in [0.15, 0.2) is 47.6 Å². The summed E-state index contributed by atoms with van der Waals surface area (Å²) >= 11 is 6.20. The number of halogens is 1. The zero-order valence-electron chi connectivity index (χ0n) is 17.9. The Kier molecular flexibility index (Phi) is 6.63. The van der Waals surface area contributed by atoms with Gasteiger partial charge in [0.15, 0.2) is 0 Å². The van der Waals surface area contributed by atoms with Gasteiger partial charge in [-0.3, -0.25) is 4.79 Å². The third-order valence-electron chi connectivity index (χ3n) is 5.18. The van der Waals surface area contributed by atoms with Gasteiger partial charge in [0.1, 0.15) is 5.75 Å². The lowest BCUT2D eigenvalue weighted by Crippen LogP contribution is -2.19. The molecule has 0 aliphatic heterocycles. The molecule has 6 heteroatoms. The van der Waals surface area contributed by atoms with E-state index < -0.39 is 0 Å². The molecule has 1 N–H and O–H groups in total. The van der Waals surface area contributed by atoms with Crippen LogP contribution in [-0.4, -0.2) is 23.8 Å². The van der Waals surface area contributed by atoms with Crippen molar-refractivity contribution >= 4 is 23.7 Å². The van der Waals surface area contributed by atoms with E-state index >= 15 is 0 Å². The van der Waals surface area contributed by atoms with Crippen molar-refractivity contribution in [1.82, 2.24) is 9.99 Å². The first-order chi connectivity index (χ1) is 14.3. The second-order valence-electron chi connectivity index (χ2n) is 7.37. The predicted molar refractivity (Wildman–Crippen MR) is 122 cm³/mol. The van der Waals surface area contributed by atoms with Gasteiger partial charge in [-0.15, -0.1) is 0 Å². The number of nitrogens with zero attached hydrogens (tertiary/aromatic N) is 2. The first kappa shape index (κ1) is 21.7. The summed E-state index contributed by atoms with van der Waals surface area (Å²) in [6, 6.07) is 13.5. The molecule has 0 atom stereocenters. The minimum Gasteiger partial charge on any atom is -0.495 e. The van der Waals surface area contributed by atoms with Gasteiger partial charge in [0.2, 0.25) is 5.91 Å². The highest BCUT2D eigenvalue weighted by molar-refractivity contribution is 6.30. The maximum Gasteiger partial charge on any atom is 0.244 e. The Balaban J connectivity index is 1.75. The molecule has 0 saturated heterocycles. The zero-order chi connectivity index (χ0) is 21.8. The molecular formula is C24H26ClN3O2. The number of rotatable bonds is 6. The summed E-state index contributed by atoms with van der Waals surface area (Å²) in [5, 5.41) is 4.78. The topological polar surface area (TPSA) is 55.6 Å². The molecule has 0 radical (unpaired) electrons. The van der Waals surface area contributed by atoms with Crippen LogP contribution < -0.4 is 10.2 Å². The average Bonchev–Trinajstić information content (AvgIpc) is 2.98. The second kappa shape index (κ2) is 9.18. The quantitative estimate of drug-likeness (QED) is 0.444. The van der Waals surface area contributed by atoms with Gasteiger partial charge in [-0.05, 0) is 68.7 Å². The van der Waals surface area contributed by atoms with Gasteiger partial charge in [0.05, 0.1) is 25.4 Å². The first-order valence-electron chi connectivity index (χ1n) is 9.71. The SMILES string of the molecule is COc1ccc(Cl)cc1-n1c(C)cc(/C=N\NC(=O)Cc2ccc(C)c(C)c2)c1C. The fraction of sp³-hybridized carbons (Fsp3) is 0.250. The van der Waals surface area contributed by atoms with Gasteiger partial charge in [0.25, 0.3) is 0 Å². The summed E-state index contributed by atoms with van der Waals surface area (Å²) in [5.74, 6) is 0.575. The number of hydrazone groups is 1. The summed E-state index contributed by atoms with van der Waals surface area (Å²) in [6.45, 7) is 8.09. The Hall–Kier alpha value is -3.05. The highest BCUT2D eigenvalue weighted by Crippen LogP contribution is 2.30. The van der Waals surface area contributed by atoms with Crippen molar-refractivity contribution in [3.8, 4) is 11.4 Å². The van der Waals surface area contributed by atoms with Crippen LogP contribution in [0.25, 0.3) is 5.69 Å². The monoisotopic (exact) mass is 423 g/mol. The molecule has 0 aliphatic carbocycles. The van der Waals surface area contributed by atoms with Crippen LogP contribution in [0, 0.1) is 27.7 Å². The molecule has 0 saturated carbocycles. The molecule has 30 heavy (non-hydrogen) atoms. The van der Waals surface area contributed by atoms with E-state index in [1.807, 2.05) is 57.2 Å². The van der Waals surface area contributed by atoms with Crippen molar-refractivity contribution in [2.45, 2.75) is 34.1 Å². The average molecular weight is 424 g/mol. The standard InChI is InChI=1S/C24H26ClN3O2/c1-15-6-7-19(10-16(15)2)12-24(29)27-26-14-20-11-17(3)28(18(20)4)22-13-21(25)8-9-23(22)30-5/h6-11,13-14H,12H2,1-5H3,(H,27,29)/b26-14-. The highest BCUT2D eigenvalue weighted by Gasteiger charge is 2.14. The minimum absolute atomic E-state index is 0.153. The number of carbonyl (C=O) groups is 1. The van der Waals surface area contributed by atoms with Crippen molar-refractivity contribution in [3.63, 3.8) is 0 Å². The number of nitrogens with one attached hydrogen (secondary N) is 1. The van der Waals surface area contributed by atoms with E-state index in [4.69, 9.17) is 16.3 Å². The maximum atomic E-state index is 12.2. The predicted octanol–water partition coefficient (Wildman–Crippen LogP) is 5.07. The van der Waals surface area contributed by atoms with Crippen LogP contribution in [0.1, 0.15) is 33.6 Å². The number of hydrogen-bond donors (Lipinski definition) is 1. The van der Waals surface area contributed by atoms with Crippen molar-refractivity contribution in [2.75, 3.05) is 7.11 Å². The summed E-state index contributed by atoms with van der Waals surface area (Å²) < 4.78 is 7.55. The van der Waals surface area contributed by atoms with E-state index in [0.29, 0.717) is 5.02 Å².